The zero-order valence-corrected chi connectivity index (χ0v) is 8.91. The van der Waals surface area contributed by atoms with Gasteiger partial charge in [-0.15, -0.1) is 11.3 Å². The van der Waals surface area contributed by atoms with Gasteiger partial charge in [-0.2, -0.15) is 0 Å². The van der Waals surface area contributed by atoms with Gasteiger partial charge in [0.1, 0.15) is 0 Å². The van der Waals surface area contributed by atoms with E-state index in [0.29, 0.717) is 0 Å². The Balaban J connectivity index is 2.67. The van der Waals surface area contributed by atoms with Crippen LogP contribution in [0.25, 0.3) is 0 Å². The lowest BCUT2D eigenvalue weighted by molar-refractivity contribution is 0.646. The largest absolute Gasteiger partial charge is 0.323 e. The van der Waals surface area contributed by atoms with Crippen LogP contribution >= 0.6 is 27.3 Å². The Labute approximate surface area is 79.7 Å². The molecule has 0 bridgehead atoms. The van der Waals surface area contributed by atoms with E-state index in [4.69, 9.17) is 5.73 Å². The van der Waals surface area contributed by atoms with Gasteiger partial charge in [0, 0.05) is 15.4 Å². The molecular formula is C8H12BrNS. The summed E-state index contributed by atoms with van der Waals surface area (Å²) in [6.07, 6.45) is 2.21. The molecule has 1 atom stereocenters. The molecule has 0 aliphatic rings. The first kappa shape index (κ1) is 9.23. The van der Waals surface area contributed by atoms with Crippen molar-refractivity contribution in [2.24, 2.45) is 5.73 Å². The number of rotatable bonds is 3. The Kier molecular flexibility index (Phi) is 3.55. The van der Waals surface area contributed by atoms with Gasteiger partial charge in [0.2, 0.25) is 0 Å². The summed E-state index contributed by atoms with van der Waals surface area (Å²) in [6.45, 7) is 2.15. The first-order chi connectivity index (χ1) is 5.25. The van der Waals surface area contributed by atoms with Crippen molar-refractivity contribution in [3.05, 3.63) is 20.8 Å². The van der Waals surface area contributed by atoms with Crippen LogP contribution in [0, 0.1) is 0 Å². The molecular weight excluding hydrogens is 222 g/mol. The number of hydrogen-bond acceptors (Lipinski definition) is 2. The molecule has 1 aromatic heterocycles. The summed E-state index contributed by atoms with van der Waals surface area (Å²) in [5, 5.41) is 2.06. The summed E-state index contributed by atoms with van der Waals surface area (Å²) < 4.78 is 1.16. The minimum atomic E-state index is 0.217. The first-order valence-electron chi connectivity index (χ1n) is 3.74. The summed E-state index contributed by atoms with van der Waals surface area (Å²) >= 11 is 5.19. The van der Waals surface area contributed by atoms with Crippen molar-refractivity contribution in [3.8, 4) is 0 Å². The lowest BCUT2D eigenvalue weighted by atomic mass is 10.1. The molecule has 0 spiro atoms. The van der Waals surface area contributed by atoms with Crippen LogP contribution in [-0.2, 0) is 0 Å². The van der Waals surface area contributed by atoms with Crippen LogP contribution in [0.4, 0.5) is 0 Å². The van der Waals surface area contributed by atoms with Gasteiger partial charge in [-0.05, 0) is 33.8 Å². The molecule has 0 aromatic carbocycles. The molecule has 0 unspecified atom stereocenters. The van der Waals surface area contributed by atoms with Gasteiger partial charge in [-0.25, -0.2) is 0 Å². The van der Waals surface area contributed by atoms with Gasteiger partial charge >= 0.3 is 0 Å². The average Bonchev–Trinajstić information content (AvgIpc) is 2.36. The van der Waals surface area contributed by atoms with E-state index < -0.39 is 0 Å². The van der Waals surface area contributed by atoms with Gasteiger partial charge < -0.3 is 5.73 Å². The average molecular weight is 234 g/mol. The fourth-order valence-corrected chi connectivity index (χ4v) is 2.72. The normalized spacial score (nSPS) is 13.4. The summed E-state index contributed by atoms with van der Waals surface area (Å²) in [5.41, 5.74) is 5.93. The molecule has 0 aliphatic heterocycles. The molecule has 1 heterocycles. The van der Waals surface area contributed by atoms with Crippen LogP contribution in [0.15, 0.2) is 15.9 Å². The highest BCUT2D eigenvalue weighted by atomic mass is 79.9. The third-order valence-corrected chi connectivity index (χ3v) is 3.58. The van der Waals surface area contributed by atoms with Crippen molar-refractivity contribution < 1.29 is 0 Å². The summed E-state index contributed by atoms with van der Waals surface area (Å²) in [4.78, 5) is 1.27. The maximum atomic E-state index is 5.93. The Morgan fingerprint density at radius 3 is 2.91 bits per heavy atom. The first-order valence-corrected chi connectivity index (χ1v) is 5.41. The molecule has 0 saturated heterocycles. The van der Waals surface area contributed by atoms with Crippen molar-refractivity contribution in [1.82, 2.24) is 0 Å². The second-order valence-corrected chi connectivity index (χ2v) is 4.33. The summed E-state index contributed by atoms with van der Waals surface area (Å²) in [7, 11) is 0. The van der Waals surface area contributed by atoms with E-state index in [2.05, 4.69) is 34.3 Å². The molecule has 2 N–H and O–H groups in total. The van der Waals surface area contributed by atoms with Gasteiger partial charge in [0.05, 0.1) is 0 Å². The zero-order chi connectivity index (χ0) is 8.27. The Hall–Kier alpha value is 0.140. The Morgan fingerprint density at radius 2 is 2.45 bits per heavy atom. The Bertz CT molecular complexity index is 222. The summed E-state index contributed by atoms with van der Waals surface area (Å²) in [6, 6.07) is 2.27. The lowest BCUT2D eigenvalue weighted by Crippen LogP contribution is -2.07. The van der Waals surface area contributed by atoms with Crippen molar-refractivity contribution in [2.45, 2.75) is 25.8 Å². The molecule has 1 rings (SSSR count). The molecule has 0 saturated carbocycles. The molecule has 0 aliphatic carbocycles. The molecule has 0 radical (unpaired) electrons. The van der Waals surface area contributed by atoms with Crippen LogP contribution in [-0.4, -0.2) is 0 Å². The van der Waals surface area contributed by atoms with Crippen LogP contribution in [0.2, 0.25) is 0 Å². The SMILES string of the molecule is CCC[C@@H](N)c1sccc1Br. The second kappa shape index (κ2) is 4.24. The number of hydrogen-bond donors (Lipinski definition) is 1. The van der Waals surface area contributed by atoms with Crippen LogP contribution in [0.3, 0.4) is 0 Å². The van der Waals surface area contributed by atoms with E-state index >= 15 is 0 Å². The fraction of sp³-hybridized carbons (Fsp3) is 0.500. The number of nitrogens with two attached hydrogens (primary N) is 1. The quantitative estimate of drug-likeness (QED) is 0.853. The lowest BCUT2D eigenvalue weighted by Gasteiger charge is -2.07. The number of thiophene rings is 1. The minimum absolute atomic E-state index is 0.217. The predicted octanol–water partition coefficient (Wildman–Crippen LogP) is 3.31. The fourth-order valence-electron chi connectivity index (χ4n) is 1.01. The van der Waals surface area contributed by atoms with E-state index in [-0.39, 0.29) is 6.04 Å². The highest BCUT2D eigenvalue weighted by Gasteiger charge is 2.09. The molecule has 11 heavy (non-hydrogen) atoms. The summed E-state index contributed by atoms with van der Waals surface area (Å²) in [5.74, 6) is 0. The molecule has 62 valence electrons. The maximum Gasteiger partial charge on any atom is 0.0401 e. The maximum absolute atomic E-state index is 5.93. The van der Waals surface area contributed by atoms with Crippen LogP contribution in [0.5, 0.6) is 0 Å². The monoisotopic (exact) mass is 233 g/mol. The van der Waals surface area contributed by atoms with E-state index in [1.54, 1.807) is 11.3 Å². The van der Waals surface area contributed by atoms with E-state index in [9.17, 15) is 0 Å². The smallest absolute Gasteiger partial charge is 0.0401 e. The van der Waals surface area contributed by atoms with Crippen molar-refractivity contribution in [2.75, 3.05) is 0 Å². The zero-order valence-electron chi connectivity index (χ0n) is 6.51. The molecule has 1 aromatic rings. The molecule has 0 fully saturated rings. The number of halogens is 1. The van der Waals surface area contributed by atoms with E-state index in [1.807, 2.05) is 0 Å². The van der Waals surface area contributed by atoms with Crippen LogP contribution in [0.1, 0.15) is 30.7 Å². The van der Waals surface area contributed by atoms with Crippen molar-refractivity contribution in [1.29, 1.82) is 0 Å². The standard InChI is InChI=1S/C8H12BrNS/c1-2-3-7(10)8-6(9)4-5-11-8/h4-5,7H,2-3,10H2,1H3/t7-/m1/s1. The third-order valence-electron chi connectivity index (χ3n) is 1.58. The second-order valence-electron chi connectivity index (χ2n) is 2.53. The van der Waals surface area contributed by atoms with E-state index in [1.165, 1.54) is 4.88 Å². The van der Waals surface area contributed by atoms with E-state index in [0.717, 1.165) is 17.3 Å². The molecule has 1 nitrogen and oxygen atoms in total. The highest BCUT2D eigenvalue weighted by molar-refractivity contribution is 9.10. The topological polar surface area (TPSA) is 26.0 Å². The van der Waals surface area contributed by atoms with Gasteiger partial charge in [-0.3, -0.25) is 0 Å². The van der Waals surface area contributed by atoms with Gasteiger partial charge in [0.25, 0.3) is 0 Å². The van der Waals surface area contributed by atoms with Gasteiger partial charge in [0.15, 0.2) is 0 Å². The van der Waals surface area contributed by atoms with Gasteiger partial charge in [-0.1, -0.05) is 13.3 Å². The van der Waals surface area contributed by atoms with Crippen LogP contribution < -0.4 is 5.73 Å². The molecule has 0 amide bonds. The minimum Gasteiger partial charge on any atom is -0.323 e. The van der Waals surface area contributed by atoms with Crippen molar-refractivity contribution in [3.63, 3.8) is 0 Å². The van der Waals surface area contributed by atoms with Crippen molar-refractivity contribution >= 4 is 27.3 Å². The predicted molar refractivity (Wildman–Crippen MR) is 53.9 cm³/mol. The third kappa shape index (κ3) is 2.29. The Morgan fingerprint density at radius 1 is 1.73 bits per heavy atom. The molecule has 3 heteroatoms. The highest BCUT2D eigenvalue weighted by Crippen LogP contribution is 2.29.